The monoisotopic (exact) mass is 505 g/mol. The quantitative estimate of drug-likeness (QED) is 0.211. The van der Waals surface area contributed by atoms with Crippen LogP contribution in [0.15, 0.2) is 56.8 Å². The molecule has 0 spiro atoms. The van der Waals surface area contributed by atoms with Crippen LogP contribution in [0.3, 0.4) is 0 Å². The fourth-order valence-corrected chi connectivity index (χ4v) is 6.02. The van der Waals surface area contributed by atoms with Crippen LogP contribution in [0.25, 0.3) is 11.0 Å². The Balaban J connectivity index is 1.45. The predicted octanol–water partition coefficient (Wildman–Crippen LogP) is 6.10. The molecule has 2 aromatic heterocycles. The molecule has 0 atom stereocenters. The molecule has 2 heterocycles. The van der Waals surface area contributed by atoms with Gasteiger partial charge < -0.3 is 18.5 Å². The van der Waals surface area contributed by atoms with Gasteiger partial charge in [0.05, 0.1) is 14.2 Å². The smallest absolute Gasteiger partial charge is 0.336 e. The second-order valence-corrected chi connectivity index (χ2v) is 10.2. The fraction of sp³-hybridized carbons (Fsp3) is 0.393. The van der Waals surface area contributed by atoms with Crippen molar-refractivity contribution in [3.63, 3.8) is 0 Å². The predicted molar refractivity (Wildman–Crippen MR) is 141 cm³/mol. The van der Waals surface area contributed by atoms with Crippen molar-refractivity contribution in [2.75, 3.05) is 14.2 Å². The van der Waals surface area contributed by atoms with Crippen molar-refractivity contribution < 1.29 is 13.9 Å². The fourth-order valence-electron chi connectivity index (χ4n) is 5.00. The molecular formula is C28H31N3O4S. The van der Waals surface area contributed by atoms with E-state index in [9.17, 15) is 4.79 Å². The van der Waals surface area contributed by atoms with Gasteiger partial charge in [0.15, 0.2) is 16.7 Å². The zero-order valence-corrected chi connectivity index (χ0v) is 21.8. The molecule has 4 aromatic rings. The molecule has 1 fully saturated rings. The highest BCUT2D eigenvalue weighted by atomic mass is 32.2. The number of methoxy groups -OCH3 is 2. The third-order valence-electron chi connectivity index (χ3n) is 6.83. The van der Waals surface area contributed by atoms with E-state index in [2.05, 4.69) is 14.8 Å². The second kappa shape index (κ2) is 10.8. The Morgan fingerprint density at radius 3 is 2.58 bits per heavy atom. The highest BCUT2D eigenvalue weighted by Gasteiger charge is 2.24. The summed E-state index contributed by atoms with van der Waals surface area (Å²) in [5.41, 5.74) is 3.40. The van der Waals surface area contributed by atoms with E-state index in [1.165, 1.54) is 19.3 Å². The van der Waals surface area contributed by atoms with E-state index in [1.807, 2.05) is 43.3 Å². The Morgan fingerprint density at radius 2 is 1.81 bits per heavy atom. The molecule has 0 aliphatic heterocycles. The first kappa shape index (κ1) is 24.4. The normalized spacial score (nSPS) is 14.3. The van der Waals surface area contributed by atoms with Crippen LogP contribution in [0.5, 0.6) is 11.5 Å². The van der Waals surface area contributed by atoms with Crippen LogP contribution in [0.2, 0.25) is 0 Å². The van der Waals surface area contributed by atoms with Crippen molar-refractivity contribution >= 4 is 22.7 Å². The van der Waals surface area contributed by atoms with E-state index in [0.29, 0.717) is 35.3 Å². The summed E-state index contributed by atoms with van der Waals surface area (Å²) >= 11 is 1.63. The lowest BCUT2D eigenvalue weighted by Crippen LogP contribution is -2.17. The number of hydrogen-bond donors (Lipinski definition) is 0. The molecule has 0 radical (unpaired) electrons. The molecule has 1 aliphatic carbocycles. The molecule has 0 amide bonds. The molecule has 0 saturated heterocycles. The van der Waals surface area contributed by atoms with Crippen molar-refractivity contribution in [1.29, 1.82) is 0 Å². The average molecular weight is 506 g/mol. The number of ether oxygens (including phenoxy) is 2. The van der Waals surface area contributed by atoms with E-state index < -0.39 is 0 Å². The van der Waals surface area contributed by atoms with Gasteiger partial charge in [-0.15, -0.1) is 10.2 Å². The Morgan fingerprint density at radius 1 is 1.00 bits per heavy atom. The lowest BCUT2D eigenvalue weighted by molar-refractivity contribution is 0.330. The first-order chi connectivity index (χ1) is 17.6. The summed E-state index contributed by atoms with van der Waals surface area (Å²) in [6.07, 6.45) is 6.61. The van der Waals surface area contributed by atoms with E-state index in [-0.39, 0.29) is 5.63 Å². The van der Waals surface area contributed by atoms with Gasteiger partial charge >= 0.3 is 5.63 Å². The topological polar surface area (TPSA) is 79.4 Å². The zero-order valence-electron chi connectivity index (χ0n) is 21.0. The Kier molecular flexibility index (Phi) is 7.32. The van der Waals surface area contributed by atoms with Crippen molar-refractivity contribution in [2.45, 2.75) is 62.4 Å². The summed E-state index contributed by atoms with van der Waals surface area (Å²) in [6.45, 7) is 1.99. The Hall–Kier alpha value is -3.26. The van der Waals surface area contributed by atoms with Crippen LogP contribution in [-0.4, -0.2) is 29.0 Å². The second-order valence-electron chi connectivity index (χ2n) is 9.31. The van der Waals surface area contributed by atoms with Crippen molar-refractivity contribution in [1.82, 2.24) is 14.8 Å². The molecule has 1 aliphatic rings. The molecule has 5 rings (SSSR count). The lowest BCUT2D eigenvalue weighted by atomic mass is 9.95. The number of fused-ring (bicyclic) bond motifs is 1. The minimum atomic E-state index is -0.327. The van der Waals surface area contributed by atoms with E-state index in [1.54, 1.807) is 32.0 Å². The number of aryl methyl sites for hydroxylation is 1. The summed E-state index contributed by atoms with van der Waals surface area (Å²) in [5, 5.41) is 11.1. The number of hydrogen-bond acceptors (Lipinski definition) is 7. The molecule has 0 unspecified atom stereocenters. The molecule has 7 nitrogen and oxygen atoms in total. The molecule has 36 heavy (non-hydrogen) atoms. The average Bonchev–Trinajstić information content (AvgIpc) is 3.29. The molecular weight excluding hydrogens is 474 g/mol. The van der Waals surface area contributed by atoms with Gasteiger partial charge in [-0.2, -0.15) is 0 Å². The van der Waals surface area contributed by atoms with E-state index >= 15 is 0 Å². The van der Waals surface area contributed by atoms with Gasteiger partial charge in [0, 0.05) is 29.7 Å². The largest absolute Gasteiger partial charge is 0.493 e. The zero-order chi connectivity index (χ0) is 25.1. The lowest BCUT2D eigenvalue weighted by Gasteiger charge is -2.25. The van der Waals surface area contributed by atoms with Gasteiger partial charge in [-0.25, -0.2) is 4.79 Å². The summed E-state index contributed by atoms with van der Waals surface area (Å²) in [4.78, 5) is 12.2. The molecule has 1 saturated carbocycles. The van der Waals surface area contributed by atoms with Gasteiger partial charge in [-0.1, -0.05) is 49.2 Å². The molecule has 0 bridgehead atoms. The van der Waals surface area contributed by atoms with Gasteiger partial charge in [-0.3, -0.25) is 0 Å². The molecule has 8 heteroatoms. The Bertz CT molecular complexity index is 1420. The SMILES string of the molecule is COc1ccc(Cc2nnc(SCc3cc(=O)oc4cc(C)ccc34)n2C2CCCCC2)cc1OC. The van der Waals surface area contributed by atoms with Gasteiger partial charge in [0.25, 0.3) is 0 Å². The molecule has 188 valence electrons. The van der Waals surface area contributed by atoms with Crippen molar-refractivity contribution in [2.24, 2.45) is 0 Å². The van der Waals surface area contributed by atoms with Crippen LogP contribution in [0, 0.1) is 6.92 Å². The first-order valence-corrected chi connectivity index (χ1v) is 13.3. The third-order valence-corrected chi connectivity index (χ3v) is 7.82. The number of nitrogens with zero attached hydrogens (tertiary/aromatic N) is 3. The highest BCUT2D eigenvalue weighted by molar-refractivity contribution is 7.98. The van der Waals surface area contributed by atoms with Crippen LogP contribution in [0.1, 0.15) is 60.7 Å². The van der Waals surface area contributed by atoms with Crippen LogP contribution >= 0.6 is 11.8 Å². The maximum absolute atomic E-state index is 12.2. The summed E-state index contributed by atoms with van der Waals surface area (Å²) < 4.78 is 18.7. The Labute approximate surface area is 214 Å². The van der Waals surface area contributed by atoms with Crippen LogP contribution in [-0.2, 0) is 12.2 Å². The first-order valence-electron chi connectivity index (χ1n) is 12.4. The summed E-state index contributed by atoms with van der Waals surface area (Å²) in [5.74, 6) is 2.98. The van der Waals surface area contributed by atoms with Crippen LogP contribution in [0.4, 0.5) is 0 Å². The maximum atomic E-state index is 12.2. The third kappa shape index (κ3) is 5.14. The number of rotatable bonds is 8. The van der Waals surface area contributed by atoms with Gasteiger partial charge in [0.2, 0.25) is 0 Å². The number of thioether (sulfide) groups is 1. The number of benzene rings is 2. The number of aromatic nitrogens is 3. The maximum Gasteiger partial charge on any atom is 0.336 e. The molecule has 0 N–H and O–H groups in total. The standard InChI is InChI=1S/C28H31N3O4S/c1-18-9-11-22-20(16-27(32)35-24(22)13-18)17-36-28-30-29-26(31(28)21-7-5-4-6-8-21)15-19-10-12-23(33-2)25(14-19)34-3/h9-14,16,21H,4-8,15,17H2,1-3H3. The highest BCUT2D eigenvalue weighted by Crippen LogP contribution is 2.35. The van der Waals surface area contributed by atoms with Gasteiger partial charge in [-0.05, 0) is 54.7 Å². The van der Waals surface area contributed by atoms with E-state index in [0.717, 1.165) is 45.9 Å². The minimum absolute atomic E-state index is 0.327. The van der Waals surface area contributed by atoms with Crippen LogP contribution < -0.4 is 15.1 Å². The van der Waals surface area contributed by atoms with Crippen molar-refractivity contribution in [3.8, 4) is 11.5 Å². The summed E-state index contributed by atoms with van der Waals surface area (Å²) in [7, 11) is 3.29. The van der Waals surface area contributed by atoms with Gasteiger partial charge in [0.1, 0.15) is 11.4 Å². The minimum Gasteiger partial charge on any atom is -0.493 e. The molecule has 2 aromatic carbocycles. The summed E-state index contributed by atoms with van der Waals surface area (Å²) in [6, 6.07) is 13.9. The van der Waals surface area contributed by atoms with E-state index in [4.69, 9.17) is 13.9 Å². The van der Waals surface area contributed by atoms with Crippen molar-refractivity contribution in [3.05, 3.63) is 75.4 Å².